The van der Waals surface area contributed by atoms with E-state index in [0.717, 1.165) is 5.56 Å². The van der Waals surface area contributed by atoms with Crippen LogP contribution in [0.4, 0.5) is 0 Å². The van der Waals surface area contributed by atoms with E-state index in [1.54, 1.807) is 0 Å². The molecule has 1 aromatic carbocycles. The number of nitriles is 1. The minimum atomic E-state index is -0.419. The smallest absolute Gasteiger partial charge is 0.134 e. The van der Waals surface area contributed by atoms with Crippen LogP contribution in [0.25, 0.3) is 0 Å². The van der Waals surface area contributed by atoms with Gasteiger partial charge in [-0.15, -0.1) is 0 Å². The highest BCUT2D eigenvalue weighted by Crippen LogP contribution is 2.10. The largest absolute Gasteiger partial charge is 0.212 e. The predicted octanol–water partition coefficient (Wildman–Crippen LogP) is 1.99. The van der Waals surface area contributed by atoms with Gasteiger partial charge in [-0.1, -0.05) is 30.3 Å². The Balaban J connectivity index is 2.85. The fraction of sp³-hybridized carbons (Fsp3) is 0.125. The van der Waals surface area contributed by atoms with Crippen LogP contribution in [0.1, 0.15) is 11.6 Å². The van der Waals surface area contributed by atoms with E-state index in [0.29, 0.717) is 0 Å². The van der Waals surface area contributed by atoms with Gasteiger partial charge in [0.15, 0.2) is 0 Å². The molecule has 0 radical (unpaired) electrons. The van der Waals surface area contributed by atoms with E-state index in [1.165, 1.54) is 0 Å². The van der Waals surface area contributed by atoms with Crippen molar-refractivity contribution in [2.75, 3.05) is 0 Å². The summed E-state index contributed by atoms with van der Waals surface area (Å²) in [6.45, 7) is 0. The van der Waals surface area contributed by atoms with Crippen LogP contribution >= 0.6 is 11.8 Å². The summed E-state index contributed by atoms with van der Waals surface area (Å²) < 4.78 is 0. The maximum atomic E-state index is 8.58. The van der Waals surface area contributed by atoms with Crippen molar-refractivity contribution in [3.63, 3.8) is 0 Å². The molecule has 0 saturated carbocycles. The predicted molar refractivity (Wildman–Crippen MR) is 43.8 cm³/mol. The Hall–Kier alpha value is -1.04. The highest BCUT2D eigenvalue weighted by Gasteiger charge is 2.05. The Bertz CT molecular complexity index is 253. The van der Waals surface area contributed by atoms with E-state index >= 15 is 0 Å². The zero-order valence-corrected chi connectivity index (χ0v) is 6.55. The van der Waals surface area contributed by atoms with E-state index < -0.39 is 6.04 Å². The summed E-state index contributed by atoms with van der Waals surface area (Å²) in [4.78, 5) is 2.38. The van der Waals surface area contributed by atoms with Crippen LogP contribution in [0.5, 0.6) is 0 Å². The minimum Gasteiger partial charge on any atom is -0.212 e. The van der Waals surface area contributed by atoms with Gasteiger partial charge in [0, 0.05) is 0 Å². The first-order valence-electron chi connectivity index (χ1n) is 3.19. The maximum absolute atomic E-state index is 8.58. The molecule has 0 aromatic heterocycles. The molecule has 3 heteroatoms. The van der Waals surface area contributed by atoms with Gasteiger partial charge >= 0.3 is 0 Å². The molecular formula is C8H7ClN2. The van der Waals surface area contributed by atoms with Gasteiger partial charge in [0.05, 0.1) is 6.07 Å². The molecule has 1 unspecified atom stereocenters. The second-order valence-electron chi connectivity index (χ2n) is 2.08. The van der Waals surface area contributed by atoms with Gasteiger partial charge in [0.1, 0.15) is 6.04 Å². The van der Waals surface area contributed by atoms with Crippen molar-refractivity contribution in [2.45, 2.75) is 6.04 Å². The lowest BCUT2D eigenvalue weighted by molar-refractivity contribution is 0.840. The maximum Gasteiger partial charge on any atom is 0.134 e. The molecule has 1 aromatic rings. The summed E-state index contributed by atoms with van der Waals surface area (Å²) in [5, 5.41) is 8.58. The summed E-state index contributed by atoms with van der Waals surface area (Å²) in [6, 6.07) is 10.9. The molecule has 0 aliphatic rings. The number of hydrogen-bond acceptors (Lipinski definition) is 2. The van der Waals surface area contributed by atoms with Gasteiger partial charge in [-0.3, -0.25) is 0 Å². The molecule has 0 heterocycles. The molecule has 0 amide bonds. The van der Waals surface area contributed by atoms with Crippen LogP contribution in [0.15, 0.2) is 30.3 Å². The Morgan fingerprint density at radius 2 is 2.00 bits per heavy atom. The van der Waals surface area contributed by atoms with Gasteiger partial charge in [-0.2, -0.15) is 5.26 Å². The Morgan fingerprint density at radius 1 is 1.36 bits per heavy atom. The molecule has 1 N–H and O–H groups in total. The first kappa shape index (κ1) is 8.06. The monoisotopic (exact) mass is 166 g/mol. The van der Waals surface area contributed by atoms with Crippen LogP contribution in [-0.2, 0) is 0 Å². The van der Waals surface area contributed by atoms with Crippen molar-refractivity contribution in [2.24, 2.45) is 0 Å². The number of hydrogen-bond donors (Lipinski definition) is 1. The normalized spacial score (nSPS) is 12.0. The quantitative estimate of drug-likeness (QED) is 0.683. The van der Waals surface area contributed by atoms with Crippen LogP contribution in [-0.4, -0.2) is 0 Å². The Morgan fingerprint density at radius 3 is 2.45 bits per heavy atom. The van der Waals surface area contributed by atoms with Gasteiger partial charge < -0.3 is 0 Å². The third kappa shape index (κ3) is 1.94. The zero-order valence-electron chi connectivity index (χ0n) is 5.79. The first-order chi connectivity index (χ1) is 5.38. The van der Waals surface area contributed by atoms with E-state index in [9.17, 15) is 0 Å². The third-order valence-corrected chi connectivity index (χ3v) is 1.59. The standard InChI is InChI=1S/C8H7ClN2/c9-11-8(6-10)7-4-2-1-3-5-7/h1-5,8,11H. The second kappa shape index (κ2) is 3.97. The average molecular weight is 167 g/mol. The summed E-state index contributed by atoms with van der Waals surface area (Å²) in [7, 11) is 0. The number of halogens is 1. The molecule has 2 nitrogen and oxygen atoms in total. The van der Waals surface area contributed by atoms with E-state index in [4.69, 9.17) is 17.0 Å². The van der Waals surface area contributed by atoms with E-state index in [2.05, 4.69) is 4.84 Å². The summed E-state index contributed by atoms with van der Waals surface area (Å²) in [6.07, 6.45) is 0. The van der Waals surface area contributed by atoms with Crippen LogP contribution in [0.3, 0.4) is 0 Å². The first-order valence-corrected chi connectivity index (χ1v) is 3.57. The zero-order chi connectivity index (χ0) is 8.10. The number of nitrogens with one attached hydrogen (secondary N) is 1. The Labute approximate surface area is 70.5 Å². The molecular weight excluding hydrogens is 160 g/mol. The van der Waals surface area contributed by atoms with Crippen molar-refractivity contribution in [3.8, 4) is 6.07 Å². The lowest BCUT2D eigenvalue weighted by Crippen LogP contribution is -2.07. The van der Waals surface area contributed by atoms with E-state index in [1.807, 2.05) is 36.4 Å². The molecule has 11 heavy (non-hydrogen) atoms. The van der Waals surface area contributed by atoms with Gasteiger partial charge in [0.25, 0.3) is 0 Å². The van der Waals surface area contributed by atoms with Crippen molar-refractivity contribution in [3.05, 3.63) is 35.9 Å². The van der Waals surface area contributed by atoms with Crippen molar-refractivity contribution >= 4 is 11.8 Å². The average Bonchev–Trinajstić information content (AvgIpc) is 2.09. The SMILES string of the molecule is N#CC(NCl)c1ccccc1. The molecule has 0 fully saturated rings. The fourth-order valence-corrected chi connectivity index (χ4v) is 0.982. The molecule has 0 bridgehead atoms. The number of benzene rings is 1. The van der Waals surface area contributed by atoms with Gasteiger partial charge in [0.2, 0.25) is 0 Å². The molecule has 0 spiro atoms. The van der Waals surface area contributed by atoms with Crippen molar-refractivity contribution in [1.29, 1.82) is 5.26 Å². The summed E-state index contributed by atoms with van der Waals surface area (Å²) in [5.41, 5.74) is 0.880. The van der Waals surface area contributed by atoms with Crippen molar-refractivity contribution < 1.29 is 0 Å². The minimum absolute atomic E-state index is 0.419. The number of nitrogens with zero attached hydrogens (tertiary/aromatic N) is 1. The molecule has 1 rings (SSSR count). The van der Waals surface area contributed by atoms with Crippen LogP contribution < -0.4 is 4.84 Å². The van der Waals surface area contributed by atoms with Gasteiger partial charge in [-0.05, 0) is 17.3 Å². The van der Waals surface area contributed by atoms with Crippen molar-refractivity contribution in [1.82, 2.24) is 4.84 Å². The highest BCUT2D eigenvalue weighted by molar-refractivity contribution is 6.13. The summed E-state index contributed by atoms with van der Waals surface area (Å²) >= 11 is 5.33. The van der Waals surface area contributed by atoms with E-state index in [-0.39, 0.29) is 0 Å². The second-order valence-corrected chi connectivity index (χ2v) is 2.30. The van der Waals surface area contributed by atoms with Crippen LogP contribution in [0, 0.1) is 11.3 Å². The Kier molecular flexibility index (Phi) is 2.91. The fourth-order valence-electron chi connectivity index (χ4n) is 0.807. The molecule has 0 aliphatic heterocycles. The highest BCUT2D eigenvalue weighted by atomic mass is 35.5. The lowest BCUT2D eigenvalue weighted by atomic mass is 10.1. The van der Waals surface area contributed by atoms with Gasteiger partial charge in [-0.25, -0.2) is 4.84 Å². The van der Waals surface area contributed by atoms with Crippen LogP contribution in [0.2, 0.25) is 0 Å². The molecule has 0 saturated heterocycles. The third-order valence-electron chi connectivity index (χ3n) is 1.37. The summed E-state index contributed by atoms with van der Waals surface area (Å²) in [5.74, 6) is 0. The lowest BCUT2D eigenvalue weighted by Gasteiger charge is -2.03. The molecule has 56 valence electrons. The topological polar surface area (TPSA) is 35.8 Å². The molecule has 1 atom stereocenters. The number of rotatable bonds is 2. The molecule has 0 aliphatic carbocycles.